The number of nitrogen functional groups attached to an aromatic ring is 1. The molecular formula is C16H24N2O2. The highest BCUT2D eigenvalue weighted by Crippen LogP contribution is 2.30. The summed E-state index contributed by atoms with van der Waals surface area (Å²) in [4.78, 5) is 14.2. The lowest BCUT2D eigenvalue weighted by Crippen LogP contribution is -2.36. The molecule has 2 rings (SSSR count). The van der Waals surface area contributed by atoms with Gasteiger partial charge >= 0.3 is 5.97 Å². The van der Waals surface area contributed by atoms with Gasteiger partial charge in [-0.3, -0.25) is 0 Å². The number of carbonyl (C=O) groups is 1. The first-order chi connectivity index (χ1) is 9.52. The number of ether oxygens (including phenoxy) is 1. The zero-order valence-electron chi connectivity index (χ0n) is 12.6. The molecule has 4 nitrogen and oxygen atoms in total. The lowest BCUT2D eigenvalue weighted by molar-refractivity contribution is 0.0601. The number of piperidine rings is 1. The molecule has 1 aromatic carbocycles. The molecule has 0 aliphatic carbocycles. The number of carbonyl (C=O) groups excluding carboxylic acids is 1. The van der Waals surface area contributed by atoms with E-state index in [0.717, 1.165) is 30.6 Å². The third kappa shape index (κ3) is 3.06. The van der Waals surface area contributed by atoms with Crippen LogP contribution in [0.25, 0.3) is 0 Å². The van der Waals surface area contributed by atoms with Crippen LogP contribution in [-0.2, 0) is 4.74 Å². The standard InChI is InChI=1S/C16H24N2O2/c1-11(2)12-6-8-18(9-7-12)15-5-4-13(17)10-14(15)16(19)20-3/h4-5,10-12H,6-9,17H2,1-3H3. The number of methoxy groups -OCH3 is 1. The quantitative estimate of drug-likeness (QED) is 0.681. The van der Waals surface area contributed by atoms with Crippen LogP contribution >= 0.6 is 0 Å². The predicted octanol–water partition coefficient (Wildman–Crippen LogP) is 2.93. The van der Waals surface area contributed by atoms with E-state index < -0.39 is 0 Å². The Labute approximate surface area is 120 Å². The van der Waals surface area contributed by atoms with Crippen LogP contribution < -0.4 is 10.6 Å². The molecular weight excluding hydrogens is 252 g/mol. The van der Waals surface area contributed by atoms with Crippen molar-refractivity contribution in [2.75, 3.05) is 30.8 Å². The summed E-state index contributed by atoms with van der Waals surface area (Å²) in [5, 5.41) is 0. The molecule has 1 aliphatic rings. The van der Waals surface area contributed by atoms with Crippen molar-refractivity contribution in [3.63, 3.8) is 0 Å². The van der Waals surface area contributed by atoms with Crippen molar-refractivity contribution in [3.05, 3.63) is 23.8 Å². The molecule has 0 spiro atoms. The first-order valence-electron chi connectivity index (χ1n) is 7.25. The van der Waals surface area contributed by atoms with Gasteiger partial charge in [0.1, 0.15) is 0 Å². The van der Waals surface area contributed by atoms with Gasteiger partial charge in [0, 0.05) is 18.8 Å². The molecule has 0 bridgehead atoms. The second-order valence-corrected chi connectivity index (χ2v) is 5.84. The van der Waals surface area contributed by atoms with E-state index >= 15 is 0 Å². The van der Waals surface area contributed by atoms with Crippen LogP contribution in [0.1, 0.15) is 37.0 Å². The summed E-state index contributed by atoms with van der Waals surface area (Å²) in [7, 11) is 1.40. The maximum atomic E-state index is 11.9. The molecule has 0 amide bonds. The number of nitrogens with zero attached hydrogens (tertiary/aromatic N) is 1. The second kappa shape index (κ2) is 6.16. The predicted molar refractivity (Wildman–Crippen MR) is 82.0 cm³/mol. The van der Waals surface area contributed by atoms with Crippen molar-refractivity contribution >= 4 is 17.3 Å². The number of benzene rings is 1. The van der Waals surface area contributed by atoms with Crippen LogP contribution in [0, 0.1) is 11.8 Å². The smallest absolute Gasteiger partial charge is 0.340 e. The van der Waals surface area contributed by atoms with E-state index in [1.165, 1.54) is 20.0 Å². The van der Waals surface area contributed by atoms with E-state index in [2.05, 4.69) is 18.7 Å². The third-order valence-corrected chi connectivity index (χ3v) is 4.25. The first kappa shape index (κ1) is 14.7. The average molecular weight is 276 g/mol. The molecule has 4 heteroatoms. The largest absolute Gasteiger partial charge is 0.465 e. The number of hydrogen-bond donors (Lipinski definition) is 1. The first-order valence-corrected chi connectivity index (χ1v) is 7.25. The van der Waals surface area contributed by atoms with Crippen molar-refractivity contribution < 1.29 is 9.53 Å². The van der Waals surface area contributed by atoms with Crippen molar-refractivity contribution in [1.82, 2.24) is 0 Å². The van der Waals surface area contributed by atoms with Crippen molar-refractivity contribution in [3.8, 4) is 0 Å². The van der Waals surface area contributed by atoms with Gasteiger partial charge < -0.3 is 15.4 Å². The van der Waals surface area contributed by atoms with Crippen LogP contribution in [-0.4, -0.2) is 26.2 Å². The fourth-order valence-electron chi connectivity index (χ4n) is 2.91. The van der Waals surface area contributed by atoms with Gasteiger partial charge in [-0.15, -0.1) is 0 Å². The summed E-state index contributed by atoms with van der Waals surface area (Å²) in [5.74, 6) is 1.18. The fourth-order valence-corrected chi connectivity index (χ4v) is 2.91. The second-order valence-electron chi connectivity index (χ2n) is 5.84. The Morgan fingerprint density at radius 1 is 1.35 bits per heavy atom. The summed E-state index contributed by atoms with van der Waals surface area (Å²) >= 11 is 0. The molecule has 0 radical (unpaired) electrons. The molecule has 0 saturated carbocycles. The lowest BCUT2D eigenvalue weighted by Gasteiger charge is -2.36. The van der Waals surface area contributed by atoms with Gasteiger partial charge in [0.2, 0.25) is 0 Å². The molecule has 1 aliphatic heterocycles. The van der Waals surface area contributed by atoms with E-state index in [-0.39, 0.29) is 5.97 Å². The minimum Gasteiger partial charge on any atom is -0.465 e. The van der Waals surface area contributed by atoms with Gasteiger partial charge in [-0.1, -0.05) is 13.8 Å². The highest BCUT2D eigenvalue weighted by Gasteiger charge is 2.24. The highest BCUT2D eigenvalue weighted by atomic mass is 16.5. The minimum absolute atomic E-state index is 0.321. The van der Waals surface area contributed by atoms with E-state index in [1.807, 2.05) is 12.1 Å². The van der Waals surface area contributed by atoms with Gasteiger partial charge in [-0.25, -0.2) is 4.79 Å². The number of rotatable bonds is 3. The molecule has 1 fully saturated rings. The van der Waals surface area contributed by atoms with Crippen LogP contribution in [0.15, 0.2) is 18.2 Å². The molecule has 110 valence electrons. The van der Waals surface area contributed by atoms with E-state index in [4.69, 9.17) is 10.5 Å². The van der Waals surface area contributed by atoms with Crippen molar-refractivity contribution in [2.45, 2.75) is 26.7 Å². The average Bonchev–Trinajstić information content (AvgIpc) is 2.46. The van der Waals surface area contributed by atoms with Crippen LogP contribution in [0.2, 0.25) is 0 Å². The molecule has 1 heterocycles. The Morgan fingerprint density at radius 2 is 2.00 bits per heavy atom. The Hall–Kier alpha value is -1.71. The lowest BCUT2D eigenvalue weighted by atomic mass is 9.86. The molecule has 2 N–H and O–H groups in total. The summed E-state index contributed by atoms with van der Waals surface area (Å²) in [5.41, 5.74) is 7.88. The normalized spacial score (nSPS) is 16.5. The number of anilines is 2. The number of esters is 1. The van der Waals surface area contributed by atoms with E-state index in [0.29, 0.717) is 11.3 Å². The topological polar surface area (TPSA) is 55.6 Å². The van der Waals surface area contributed by atoms with Gasteiger partial charge in [0.25, 0.3) is 0 Å². The van der Waals surface area contributed by atoms with Crippen LogP contribution in [0.3, 0.4) is 0 Å². The molecule has 0 unspecified atom stereocenters. The Morgan fingerprint density at radius 3 is 2.55 bits per heavy atom. The molecule has 0 atom stereocenters. The monoisotopic (exact) mass is 276 g/mol. The molecule has 1 saturated heterocycles. The Kier molecular flexibility index (Phi) is 4.53. The maximum absolute atomic E-state index is 11.9. The number of nitrogens with two attached hydrogens (primary N) is 1. The Balaban J connectivity index is 2.19. The van der Waals surface area contributed by atoms with Crippen LogP contribution in [0.4, 0.5) is 11.4 Å². The SMILES string of the molecule is COC(=O)c1cc(N)ccc1N1CCC(C(C)C)CC1. The van der Waals surface area contributed by atoms with E-state index in [1.54, 1.807) is 6.07 Å². The molecule has 0 aromatic heterocycles. The number of hydrogen-bond acceptors (Lipinski definition) is 4. The van der Waals surface area contributed by atoms with Crippen LogP contribution in [0.5, 0.6) is 0 Å². The summed E-state index contributed by atoms with van der Waals surface area (Å²) in [6.45, 7) is 6.53. The van der Waals surface area contributed by atoms with Crippen molar-refractivity contribution in [2.24, 2.45) is 11.8 Å². The Bertz CT molecular complexity index is 477. The zero-order valence-corrected chi connectivity index (χ0v) is 12.6. The summed E-state index contributed by atoms with van der Waals surface area (Å²) in [6, 6.07) is 5.48. The molecule has 20 heavy (non-hydrogen) atoms. The highest BCUT2D eigenvalue weighted by molar-refractivity contribution is 5.97. The maximum Gasteiger partial charge on any atom is 0.340 e. The minimum atomic E-state index is -0.321. The van der Waals surface area contributed by atoms with Gasteiger partial charge in [-0.2, -0.15) is 0 Å². The third-order valence-electron chi connectivity index (χ3n) is 4.25. The molecule has 1 aromatic rings. The summed E-state index contributed by atoms with van der Waals surface area (Å²) in [6.07, 6.45) is 2.34. The van der Waals surface area contributed by atoms with Gasteiger partial charge in [0.05, 0.1) is 18.4 Å². The summed E-state index contributed by atoms with van der Waals surface area (Å²) < 4.78 is 4.86. The van der Waals surface area contributed by atoms with Crippen molar-refractivity contribution in [1.29, 1.82) is 0 Å². The van der Waals surface area contributed by atoms with Gasteiger partial charge in [-0.05, 0) is 42.9 Å². The van der Waals surface area contributed by atoms with Gasteiger partial charge in [0.15, 0.2) is 0 Å². The van der Waals surface area contributed by atoms with E-state index in [9.17, 15) is 4.79 Å². The zero-order chi connectivity index (χ0) is 14.7. The fraction of sp³-hybridized carbons (Fsp3) is 0.562.